The van der Waals surface area contributed by atoms with Gasteiger partial charge < -0.3 is 19.7 Å². The Kier molecular flexibility index (Phi) is 7.63. The first-order valence-electron chi connectivity index (χ1n) is 11.3. The summed E-state index contributed by atoms with van der Waals surface area (Å²) in [6.07, 6.45) is 3.69. The SMILES string of the molecule is COc1ccccc1[C@@H](C)CC(=O)Nc1sc2c(c1C#N)CCN(C(=O)OCc1cccnc1)C2. The number of nitrogens with zero attached hydrogens (tertiary/aromatic N) is 3. The van der Waals surface area contributed by atoms with Crippen molar-refractivity contribution in [3.63, 3.8) is 0 Å². The van der Waals surface area contributed by atoms with Crippen molar-refractivity contribution in [2.75, 3.05) is 19.0 Å². The first kappa shape index (κ1) is 24.2. The molecular formula is C26H26N4O4S. The number of anilines is 1. The van der Waals surface area contributed by atoms with E-state index >= 15 is 0 Å². The second kappa shape index (κ2) is 11.0. The molecule has 9 heteroatoms. The Labute approximate surface area is 208 Å². The van der Waals surface area contributed by atoms with Crippen molar-refractivity contribution >= 4 is 28.3 Å². The average Bonchev–Trinajstić information content (AvgIpc) is 3.23. The summed E-state index contributed by atoms with van der Waals surface area (Å²) in [5.41, 5.74) is 3.14. The van der Waals surface area contributed by atoms with Gasteiger partial charge in [0.25, 0.3) is 0 Å². The quantitative estimate of drug-likeness (QED) is 0.508. The third kappa shape index (κ3) is 5.61. The molecule has 0 radical (unpaired) electrons. The molecule has 8 nitrogen and oxygen atoms in total. The zero-order valence-corrected chi connectivity index (χ0v) is 20.4. The molecule has 1 aromatic carbocycles. The minimum atomic E-state index is -0.414. The van der Waals surface area contributed by atoms with Crippen LogP contribution in [-0.4, -0.2) is 35.5 Å². The molecule has 4 rings (SSSR count). The van der Waals surface area contributed by atoms with Crippen LogP contribution in [0.5, 0.6) is 5.75 Å². The number of methoxy groups -OCH3 is 1. The molecule has 180 valence electrons. The molecule has 0 bridgehead atoms. The smallest absolute Gasteiger partial charge is 0.410 e. The molecule has 0 aliphatic carbocycles. The molecule has 1 atom stereocenters. The number of rotatable bonds is 7. The number of thiophene rings is 1. The zero-order chi connectivity index (χ0) is 24.8. The van der Waals surface area contributed by atoms with Gasteiger partial charge in [-0.2, -0.15) is 5.26 Å². The lowest BCUT2D eigenvalue weighted by Gasteiger charge is -2.26. The van der Waals surface area contributed by atoms with Crippen molar-refractivity contribution in [2.45, 2.75) is 38.8 Å². The molecule has 0 unspecified atom stereocenters. The van der Waals surface area contributed by atoms with Crippen LogP contribution in [0, 0.1) is 11.3 Å². The molecule has 0 fully saturated rings. The van der Waals surface area contributed by atoms with E-state index in [1.165, 1.54) is 11.3 Å². The number of aromatic nitrogens is 1. The Bertz CT molecular complexity index is 1250. The predicted octanol–water partition coefficient (Wildman–Crippen LogP) is 4.85. The van der Waals surface area contributed by atoms with Crippen molar-refractivity contribution in [3.8, 4) is 11.8 Å². The zero-order valence-electron chi connectivity index (χ0n) is 19.6. The second-order valence-electron chi connectivity index (χ2n) is 8.30. The first-order valence-corrected chi connectivity index (χ1v) is 12.1. The summed E-state index contributed by atoms with van der Waals surface area (Å²) < 4.78 is 10.8. The minimum absolute atomic E-state index is 0.0589. The van der Waals surface area contributed by atoms with Gasteiger partial charge in [-0.15, -0.1) is 11.3 Å². The molecule has 0 spiro atoms. The van der Waals surface area contributed by atoms with E-state index in [1.54, 1.807) is 30.5 Å². The summed E-state index contributed by atoms with van der Waals surface area (Å²) in [5.74, 6) is 0.509. The summed E-state index contributed by atoms with van der Waals surface area (Å²) in [4.78, 5) is 31.9. The first-order chi connectivity index (χ1) is 17.0. The maximum Gasteiger partial charge on any atom is 0.410 e. The van der Waals surface area contributed by atoms with Crippen LogP contribution < -0.4 is 10.1 Å². The van der Waals surface area contributed by atoms with Crippen LogP contribution in [0.4, 0.5) is 9.80 Å². The van der Waals surface area contributed by atoms with E-state index in [9.17, 15) is 14.9 Å². The summed E-state index contributed by atoms with van der Waals surface area (Å²) in [6.45, 7) is 2.91. The van der Waals surface area contributed by atoms with Gasteiger partial charge >= 0.3 is 6.09 Å². The van der Waals surface area contributed by atoms with Crippen LogP contribution in [0.15, 0.2) is 48.8 Å². The molecule has 1 N–H and O–H groups in total. The van der Waals surface area contributed by atoms with Crippen molar-refractivity contribution in [2.24, 2.45) is 0 Å². The minimum Gasteiger partial charge on any atom is -0.496 e. The van der Waals surface area contributed by atoms with Crippen LogP contribution in [0.2, 0.25) is 0 Å². The van der Waals surface area contributed by atoms with Gasteiger partial charge in [0.1, 0.15) is 23.4 Å². The topological polar surface area (TPSA) is 105 Å². The lowest BCUT2D eigenvalue weighted by molar-refractivity contribution is -0.116. The lowest BCUT2D eigenvalue weighted by Crippen LogP contribution is -2.35. The Hall–Kier alpha value is -3.90. The number of carbonyl (C=O) groups is 2. The highest BCUT2D eigenvalue weighted by Crippen LogP contribution is 2.37. The lowest BCUT2D eigenvalue weighted by atomic mass is 9.96. The molecule has 3 aromatic rings. The summed E-state index contributed by atoms with van der Waals surface area (Å²) in [7, 11) is 1.61. The third-order valence-corrected chi connectivity index (χ3v) is 7.06. The molecule has 2 aromatic heterocycles. The Morgan fingerprint density at radius 1 is 1.29 bits per heavy atom. The third-order valence-electron chi connectivity index (χ3n) is 5.93. The number of hydrogen-bond acceptors (Lipinski definition) is 7. The Balaban J connectivity index is 1.40. The Morgan fingerprint density at radius 3 is 2.86 bits per heavy atom. The number of benzene rings is 1. The van der Waals surface area contributed by atoms with Gasteiger partial charge in [-0.25, -0.2) is 4.79 Å². The maximum atomic E-state index is 12.8. The van der Waals surface area contributed by atoms with E-state index in [0.717, 1.165) is 27.3 Å². The fraction of sp³-hybridized carbons (Fsp3) is 0.308. The number of hydrogen-bond donors (Lipinski definition) is 1. The number of para-hydroxylation sites is 1. The van der Waals surface area contributed by atoms with Gasteiger partial charge in [0, 0.05) is 35.8 Å². The van der Waals surface area contributed by atoms with Gasteiger partial charge in [0.15, 0.2) is 0 Å². The number of pyridine rings is 1. The van der Waals surface area contributed by atoms with E-state index in [-0.39, 0.29) is 24.9 Å². The number of nitrogens with one attached hydrogen (secondary N) is 1. The number of nitriles is 1. The second-order valence-corrected chi connectivity index (χ2v) is 9.41. The maximum absolute atomic E-state index is 12.8. The molecule has 1 aliphatic heterocycles. The van der Waals surface area contributed by atoms with Gasteiger partial charge in [-0.3, -0.25) is 9.78 Å². The molecule has 35 heavy (non-hydrogen) atoms. The van der Waals surface area contributed by atoms with Crippen LogP contribution >= 0.6 is 11.3 Å². The highest BCUT2D eigenvalue weighted by molar-refractivity contribution is 7.16. The summed E-state index contributed by atoms with van der Waals surface area (Å²) in [6, 6.07) is 13.5. The predicted molar refractivity (Wildman–Crippen MR) is 132 cm³/mol. The van der Waals surface area contributed by atoms with E-state index in [2.05, 4.69) is 16.4 Å². The van der Waals surface area contributed by atoms with Gasteiger partial charge in [0.2, 0.25) is 5.91 Å². The number of carbonyl (C=O) groups excluding carboxylic acids is 2. The fourth-order valence-electron chi connectivity index (χ4n) is 4.12. The average molecular weight is 491 g/mol. The van der Waals surface area contributed by atoms with E-state index in [4.69, 9.17) is 9.47 Å². The molecule has 1 aliphatic rings. The van der Waals surface area contributed by atoms with E-state index in [1.807, 2.05) is 37.3 Å². The van der Waals surface area contributed by atoms with Crippen molar-refractivity contribution in [1.29, 1.82) is 5.26 Å². The molecule has 0 saturated heterocycles. The summed E-state index contributed by atoms with van der Waals surface area (Å²) >= 11 is 1.34. The van der Waals surface area contributed by atoms with E-state index in [0.29, 0.717) is 30.1 Å². The van der Waals surface area contributed by atoms with Gasteiger partial charge in [-0.1, -0.05) is 31.2 Å². The van der Waals surface area contributed by atoms with Gasteiger partial charge in [-0.05, 0) is 35.6 Å². The standard InChI is InChI=1S/C26H26N4O4S/c1-17(19-7-3-4-8-22(19)33-2)12-24(31)29-25-21(13-27)20-9-11-30(15-23(20)35-25)26(32)34-16-18-6-5-10-28-14-18/h3-8,10,14,17H,9,11-12,15-16H2,1-2H3,(H,29,31)/t17-/m0/s1. The van der Waals surface area contributed by atoms with Crippen LogP contribution in [0.25, 0.3) is 0 Å². The van der Waals surface area contributed by atoms with Crippen molar-refractivity contribution < 1.29 is 19.1 Å². The molecule has 0 saturated carbocycles. The normalized spacial score (nSPS) is 13.3. The monoisotopic (exact) mass is 490 g/mol. The van der Waals surface area contributed by atoms with Gasteiger partial charge in [0.05, 0.1) is 19.2 Å². The highest BCUT2D eigenvalue weighted by Gasteiger charge is 2.28. The number of ether oxygens (including phenoxy) is 2. The van der Waals surface area contributed by atoms with Crippen LogP contribution in [0.1, 0.15) is 46.4 Å². The van der Waals surface area contributed by atoms with E-state index < -0.39 is 6.09 Å². The number of amides is 2. The molecular weight excluding hydrogens is 464 g/mol. The largest absolute Gasteiger partial charge is 0.496 e. The fourth-order valence-corrected chi connectivity index (χ4v) is 5.35. The highest BCUT2D eigenvalue weighted by atomic mass is 32.1. The van der Waals surface area contributed by atoms with Crippen LogP contribution in [0.3, 0.4) is 0 Å². The van der Waals surface area contributed by atoms with Crippen molar-refractivity contribution in [1.82, 2.24) is 9.88 Å². The Morgan fingerprint density at radius 2 is 2.11 bits per heavy atom. The molecule has 3 heterocycles. The molecule has 2 amide bonds. The van der Waals surface area contributed by atoms with Crippen molar-refractivity contribution in [3.05, 3.63) is 75.9 Å². The number of fused-ring (bicyclic) bond motifs is 1. The summed E-state index contributed by atoms with van der Waals surface area (Å²) in [5, 5.41) is 13.2. The van der Waals surface area contributed by atoms with Crippen LogP contribution in [-0.2, 0) is 29.1 Å².